The minimum atomic E-state index is -0.278. The van der Waals surface area contributed by atoms with Crippen molar-refractivity contribution in [3.63, 3.8) is 0 Å². The maximum atomic E-state index is 14.1. The molecule has 2 aromatic heterocycles. The Hall–Kier alpha value is -4.36. The van der Waals surface area contributed by atoms with Crippen LogP contribution in [-0.2, 0) is 6.42 Å². The van der Waals surface area contributed by atoms with Gasteiger partial charge in [0.05, 0.1) is 30.5 Å². The molecule has 6 nitrogen and oxygen atoms in total. The molecule has 7 rings (SSSR count). The molecule has 0 fully saturated rings. The summed E-state index contributed by atoms with van der Waals surface area (Å²) in [6.45, 7) is 0. The van der Waals surface area contributed by atoms with Gasteiger partial charge in [-0.2, -0.15) is 0 Å². The Morgan fingerprint density at radius 3 is 2.68 bits per heavy atom. The predicted octanol–water partition coefficient (Wildman–Crippen LogP) is 4.82. The fourth-order valence-electron chi connectivity index (χ4n) is 5.70. The molecule has 0 saturated carbocycles. The summed E-state index contributed by atoms with van der Waals surface area (Å²) in [7, 11) is 3.26. The van der Waals surface area contributed by atoms with E-state index in [2.05, 4.69) is 35.3 Å². The Morgan fingerprint density at radius 1 is 1.00 bits per heavy atom. The van der Waals surface area contributed by atoms with Crippen molar-refractivity contribution in [2.45, 2.75) is 18.9 Å². The predicted molar refractivity (Wildman–Crippen MR) is 151 cm³/mol. The minimum Gasteiger partial charge on any atom is -0.493 e. The molecule has 1 N–H and O–H groups in total. The summed E-state index contributed by atoms with van der Waals surface area (Å²) in [6.07, 6.45) is 5.68. The zero-order valence-corrected chi connectivity index (χ0v) is 21.8. The number of nitrogens with zero attached hydrogens (tertiary/aromatic N) is 2. The van der Waals surface area contributed by atoms with Crippen LogP contribution in [0.25, 0.3) is 22.7 Å². The largest absolute Gasteiger partial charge is 0.493 e. The molecule has 1 aliphatic heterocycles. The number of hydrogen-bond acceptors (Lipinski definition) is 5. The monoisotopic (exact) mass is 519 g/mol. The fourth-order valence-corrected chi connectivity index (χ4v) is 6.69. The van der Waals surface area contributed by atoms with Gasteiger partial charge in [-0.15, -0.1) is 0 Å². The van der Waals surface area contributed by atoms with Gasteiger partial charge in [-0.1, -0.05) is 59.9 Å². The van der Waals surface area contributed by atoms with Gasteiger partial charge in [0.25, 0.3) is 5.56 Å². The number of rotatable bonds is 4. The Labute approximate surface area is 222 Å². The molecule has 1 aliphatic carbocycles. The van der Waals surface area contributed by atoms with Crippen LogP contribution in [0.2, 0.25) is 0 Å². The molecule has 0 amide bonds. The lowest BCUT2D eigenvalue weighted by atomic mass is 9.83. The van der Waals surface area contributed by atoms with Crippen molar-refractivity contribution in [3.05, 3.63) is 120 Å². The Bertz CT molecular complexity index is 1940. The van der Waals surface area contributed by atoms with Crippen molar-refractivity contribution < 1.29 is 9.47 Å². The third kappa shape index (κ3) is 3.46. The fraction of sp³-hybridized carbons (Fsp3) is 0.161. The normalized spacial score (nSPS) is 16.6. The first-order valence-corrected chi connectivity index (χ1v) is 13.4. The lowest BCUT2D eigenvalue weighted by Crippen LogP contribution is -2.38. The molecular weight excluding hydrogens is 494 g/mol. The number of methoxy groups -OCH3 is 2. The molecule has 3 heterocycles. The summed E-state index contributed by atoms with van der Waals surface area (Å²) in [5.74, 6) is 1.30. The van der Waals surface area contributed by atoms with E-state index in [0.717, 1.165) is 51.7 Å². The van der Waals surface area contributed by atoms with Crippen LogP contribution in [-0.4, -0.2) is 23.8 Å². The van der Waals surface area contributed by atoms with Crippen LogP contribution in [0.1, 0.15) is 34.7 Å². The zero-order valence-electron chi connectivity index (χ0n) is 21.0. The van der Waals surface area contributed by atoms with Gasteiger partial charge in [0.2, 0.25) is 0 Å². The number of thiazole rings is 1. The average Bonchev–Trinajstić information content (AvgIpc) is 3.51. The number of aryl methyl sites for hydroxylation is 1. The SMILES string of the molecule is COc1ccc([C@@H]2C3=C(N=c4s/c(=C/c5c[nH]c6ccccc56)c(=O)n42)c2ccccc2CC3)cc1OC. The molecule has 0 saturated heterocycles. The summed E-state index contributed by atoms with van der Waals surface area (Å²) >= 11 is 1.44. The van der Waals surface area contributed by atoms with Gasteiger partial charge in [-0.25, -0.2) is 4.99 Å². The van der Waals surface area contributed by atoms with Crippen molar-refractivity contribution in [2.24, 2.45) is 4.99 Å². The topological polar surface area (TPSA) is 68.6 Å². The van der Waals surface area contributed by atoms with E-state index in [-0.39, 0.29) is 11.6 Å². The molecule has 5 aromatic rings. The smallest absolute Gasteiger partial charge is 0.271 e. The number of fused-ring (bicyclic) bond motifs is 4. The summed E-state index contributed by atoms with van der Waals surface area (Å²) in [5, 5.41) is 1.09. The summed E-state index contributed by atoms with van der Waals surface area (Å²) in [4.78, 5) is 23.2. The second-order valence-corrected chi connectivity index (χ2v) is 10.5. The van der Waals surface area contributed by atoms with Crippen LogP contribution in [0.5, 0.6) is 11.5 Å². The number of aromatic nitrogens is 2. The second-order valence-electron chi connectivity index (χ2n) is 9.52. The molecule has 3 aromatic carbocycles. The van der Waals surface area contributed by atoms with E-state index in [1.54, 1.807) is 14.2 Å². The molecule has 188 valence electrons. The third-order valence-electron chi connectivity index (χ3n) is 7.50. The maximum Gasteiger partial charge on any atom is 0.271 e. The van der Waals surface area contributed by atoms with E-state index in [9.17, 15) is 4.79 Å². The lowest BCUT2D eigenvalue weighted by molar-refractivity contribution is 0.354. The van der Waals surface area contributed by atoms with E-state index in [1.807, 2.05) is 53.2 Å². The van der Waals surface area contributed by atoms with Gasteiger partial charge < -0.3 is 14.5 Å². The number of aromatic amines is 1. The molecule has 7 heteroatoms. The highest BCUT2D eigenvalue weighted by molar-refractivity contribution is 7.07. The highest BCUT2D eigenvalue weighted by atomic mass is 32.1. The minimum absolute atomic E-state index is 0.0378. The number of benzene rings is 3. The number of ether oxygens (including phenoxy) is 2. The third-order valence-corrected chi connectivity index (χ3v) is 8.49. The van der Waals surface area contributed by atoms with Crippen LogP contribution >= 0.6 is 11.3 Å². The van der Waals surface area contributed by atoms with Gasteiger partial charge in [0.1, 0.15) is 0 Å². The number of allylic oxidation sites excluding steroid dienone is 1. The van der Waals surface area contributed by atoms with E-state index in [0.29, 0.717) is 20.8 Å². The van der Waals surface area contributed by atoms with Crippen LogP contribution < -0.4 is 24.4 Å². The van der Waals surface area contributed by atoms with E-state index in [1.165, 1.54) is 16.9 Å². The van der Waals surface area contributed by atoms with Gasteiger partial charge in [0.15, 0.2) is 16.3 Å². The second kappa shape index (κ2) is 8.89. The molecule has 0 bridgehead atoms. The Kier molecular flexibility index (Phi) is 5.33. The number of para-hydroxylation sites is 1. The van der Waals surface area contributed by atoms with Crippen LogP contribution in [0.3, 0.4) is 0 Å². The van der Waals surface area contributed by atoms with Crippen LogP contribution in [0.15, 0.2) is 88.3 Å². The molecule has 38 heavy (non-hydrogen) atoms. The van der Waals surface area contributed by atoms with Crippen molar-refractivity contribution >= 4 is 34.0 Å². The first-order valence-electron chi connectivity index (χ1n) is 12.6. The molecule has 2 aliphatic rings. The van der Waals surface area contributed by atoms with E-state index in [4.69, 9.17) is 14.5 Å². The van der Waals surface area contributed by atoms with Gasteiger partial charge >= 0.3 is 0 Å². The number of nitrogens with one attached hydrogen (secondary N) is 1. The van der Waals surface area contributed by atoms with Crippen LogP contribution in [0, 0.1) is 0 Å². The molecular formula is C31H25N3O3S. The Morgan fingerprint density at radius 2 is 1.82 bits per heavy atom. The lowest BCUT2D eigenvalue weighted by Gasteiger charge is -2.31. The van der Waals surface area contributed by atoms with Crippen molar-refractivity contribution in [3.8, 4) is 11.5 Å². The molecule has 0 radical (unpaired) electrons. The number of hydrogen-bond donors (Lipinski definition) is 1. The van der Waals surface area contributed by atoms with Gasteiger partial charge in [0, 0.05) is 28.2 Å². The Balaban J connectivity index is 1.49. The maximum absolute atomic E-state index is 14.1. The highest BCUT2D eigenvalue weighted by Gasteiger charge is 2.33. The summed E-state index contributed by atoms with van der Waals surface area (Å²) < 4.78 is 13.6. The zero-order chi connectivity index (χ0) is 25.8. The quantitative estimate of drug-likeness (QED) is 0.370. The van der Waals surface area contributed by atoms with Gasteiger partial charge in [-0.05, 0) is 53.8 Å². The van der Waals surface area contributed by atoms with Crippen molar-refractivity contribution in [2.75, 3.05) is 14.2 Å². The van der Waals surface area contributed by atoms with Crippen LogP contribution in [0.4, 0.5) is 0 Å². The molecule has 0 unspecified atom stereocenters. The highest BCUT2D eigenvalue weighted by Crippen LogP contribution is 2.42. The number of H-pyrrole nitrogens is 1. The van der Waals surface area contributed by atoms with Crippen molar-refractivity contribution in [1.29, 1.82) is 0 Å². The molecule has 0 spiro atoms. The summed E-state index contributed by atoms with van der Waals surface area (Å²) in [6, 6.07) is 22.2. The average molecular weight is 520 g/mol. The molecule has 1 atom stereocenters. The first kappa shape index (κ1) is 22.8. The summed E-state index contributed by atoms with van der Waals surface area (Å²) in [5.41, 5.74) is 7.54. The van der Waals surface area contributed by atoms with E-state index < -0.39 is 0 Å². The van der Waals surface area contributed by atoms with E-state index >= 15 is 0 Å². The standard InChI is InChI=1S/C31H25N3O3S/c1-36-25-14-12-19(15-26(25)37-2)29-23-13-11-18-7-3-4-9-22(18)28(23)33-31-34(29)30(35)27(38-31)16-20-17-32-24-10-6-5-8-21(20)24/h3-10,12,14-17,29,32H,11,13H2,1-2H3/b27-16+/t29-/m1/s1. The van der Waals surface area contributed by atoms with Gasteiger partial charge in [-0.3, -0.25) is 9.36 Å². The van der Waals surface area contributed by atoms with Crippen molar-refractivity contribution in [1.82, 2.24) is 9.55 Å². The first-order chi connectivity index (χ1) is 18.7.